The molecule has 1 aromatic rings. The molecule has 1 N–H and O–H groups in total. The second-order valence-corrected chi connectivity index (χ2v) is 3.14. The normalized spacial score (nSPS) is 9.59. The van der Waals surface area contributed by atoms with Crippen molar-refractivity contribution in [1.29, 1.82) is 0 Å². The van der Waals surface area contributed by atoms with Crippen molar-refractivity contribution in [1.82, 2.24) is 0 Å². The Bertz CT molecular complexity index is 379. The predicted molar refractivity (Wildman–Crippen MR) is 64.8 cm³/mol. The van der Waals surface area contributed by atoms with E-state index in [1.807, 2.05) is 6.92 Å². The van der Waals surface area contributed by atoms with Gasteiger partial charge >= 0.3 is 6.09 Å². The predicted octanol–water partition coefficient (Wildman–Crippen LogP) is 2.66. The summed E-state index contributed by atoms with van der Waals surface area (Å²) in [6.45, 7) is 4.49. The van der Waals surface area contributed by atoms with Crippen LogP contribution in [0.4, 0.5) is 10.5 Å². The molecule has 0 aliphatic heterocycles. The SMILES string of the molecule is CCOC(=O)Nc1ccc(OC)c(OCC)c1. The van der Waals surface area contributed by atoms with Crippen LogP contribution in [0.15, 0.2) is 18.2 Å². The molecule has 0 radical (unpaired) electrons. The summed E-state index contributed by atoms with van der Waals surface area (Å²) in [4.78, 5) is 11.2. The Balaban J connectivity index is 2.80. The molecule has 0 spiro atoms. The Labute approximate surface area is 101 Å². The van der Waals surface area contributed by atoms with Gasteiger partial charge in [0.05, 0.1) is 20.3 Å². The van der Waals surface area contributed by atoms with Gasteiger partial charge in [0.25, 0.3) is 0 Å². The smallest absolute Gasteiger partial charge is 0.411 e. The molecule has 94 valence electrons. The molecule has 0 unspecified atom stereocenters. The summed E-state index contributed by atoms with van der Waals surface area (Å²) in [6, 6.07) is 5.14. The number of amides is 1. The van der Waals surface area contributed by atoms with Crippen molar-refractivity contribution >= 4 is 11.8 Å². The minimum Gasteiger partial charge on any atom is -0.493 e. The lowest BCUT2D eigenvalue weighted by atomic mass is 10.3. The van der Waals surface area contributed by atoms with Gasteiger partial charge in [-0.05, 0) is 26.0 Å². The lowest BCUT2D eigenvalue weighted by Gasteiger charge is -2.11. The highest BCUT2D eigenvalue weighted by Crippen LogP contribution is 2.30. The van der Waals surface area contributed by atoms with E-state index in [1.165, 1.54) is 0 Å². The van der Waals surface area contributed by atoms with E-state index < -0.39 is 6.09 Å². The molecule has 1 rings (SSSR count). The van der Waals surface area contributed by atoms with Crippen LogP contribution in [0.3, 0.4) is 0 Å². The zero-order chi connectivity index (χ0) is 12.7. The fraction of sp³-hybridized carbons (Fsp3) is 0.417. The average Bonchev–Trinajstić information content (AvgIpc) is 2.30. The maximum absolute atomic E-state index is 11.2. The number of benzene rings is 1. The highest BCUT2D eigenvalue weighted by atomic mass is 16.5. The molecule has 17 heavy (non-hydrogen) atoms. The standard InChI is InChI=1S/C12H17NO4/c1-4-16-11-8-9(6-7-10(11)15-3)13-12(14)17-5-2/h6-8H,4-5H2,1-3H3,(H,13,14). The summed E-state index contributed by atoms with van der Waals surface area (Å²) in [6.07, 6.45) is -0.486. The quantitative estimate of drug-likeness (QED) is 0.858. The summed E-state index contributed by atoms with van der Waals surface area (Å²) in [5, 5.41) is 2.60. The fourth-order valence-electron chi connectivity index (χ4n) is 1.31. The number of hydrogen-bond acceptors (Lipinski definition) is 4. The van der Waals surface area contributed by atoms with E-state index in [4.69, 9.17) is 14.2 Å². The molecule has 0 aliphatic carbocycles. The van der Waals surface area contributed by atoms with Gasteiger partial charge in [0.1, 0.15) is 0 Å². The topological polar surface area (TPSA) is 56.8 Å². The van der Waals surface area contributed by atoms with Crippen LogP contribution in [-0.4, -0.2) is 26.4 Å². The van der Waals surface area contributed by atoms with Gasteiger partial charge in [-0.25, -0.2) is 4.79 Å². The largest absolute Gasteiger partial charge is 0.493 e. The Kier molecular flexibility index (Phi) is 5.13. The number of nitrogens with one attached hydrogen (secondary N) is 1. The summed E-state index contributed by atoms with van der Waals surface area (Å²) in [5.41, 5.74) is 0.604. The van der Waals surface area contributed by atoms with E-state index in [0.717, 1.165) is 0 Å². The molecule has 0 atom stereocenters. The van der Waals surface area contributed by atoms with Crippen molar-refractivity contribution in [3.05, 3.63) is 18.2 Å². The first-order valence-electron chi connectivity index (χ1n) is 5.45. The third kappa shape index (κ3) is 3.86. The Morgan fingerprint density at radius 1 is 1.24 bits per heavy atom. The van der Waals surface area contributed by atoms with E-state index in [-0.39, 0.29) is 0 Å². The van der Waals surface area contributed by atoms with E-state index in [9.17, 15) is 4.79 Å². The first-order valence-corrected chi connectivity index (χ1v) is 5.45. The van der Waals surface area contributed by atoms with Gasteiger partial charge in [0, 0.05) is 11.8 Å². The van der Waals surface area contributed by atoms with E-state index in [0.29, 0.717) is 30.4 Å². The number of methoxy groups -OCH3 is 1. The van der Waals surface area contributed by atoms with Crippen LogP contribution in [0.25, 0.3) is 0 Å². The van der Waals surface area contributed by atoms with Crippen molar-refractivity contribution < 1.29 is 19.0 Å². The number of hydrogen-bond donors (Lipinski definition) is 1. The number of carbonyl (C=O) groups excluding carboxylic acids is 1. The van der Waals surface area contributed by atoms with Gasteiger partial charge in [-0.15, -0.1) is 0 Å². The molecule has 0 saturated heterocycles. The zero-order valence-electron chi connectivity index (χ0n) is 10.3. The summed E-state index contributed by atoms with van der Waals surface area (Å²) >= 11 is 0. The molecule has 1 aromatic carbocycles. The van der Waals surface area contributed by atoms with Crippen molar-refractivity contribution in [3.8, 4) is 11.5 Å². The number of rotatable bonds is 5. The Hall–Kier alpha value is -1.91. The maximum atomic E-state index is 11.2. The minimum absolute atomic E-state index is 0.334. The van der Waals surface area contributed by atoms with Crippen molar-refractivity contribution in [3.63, 3.8) is 0 Å². The second kappa shape index (κ2) is 6.62. The maximum Gasteiger partial charge on any atom is 0.411 e. The number of carbonyl (C=O) groups is 1. The fourth-order valence-corrected chi connectivity index (χ4v) is 1.31. The van der Waals surface area contributed by atoms with Crippen LogP contribution in [0.1, 0.15) is 13.8 Å². The van der Waals surface area contributed by atoms with Crippen LogP contribution in [-0.2, 0) is 4.74 Å². The zero-order valence-corrected chi connectivity index (χ0v) is 10.3. The van der Waals surface area contributed by atoms with Crippen molar-refractivity contribution in [2.24, 2.45) is 0 Å². The van der Waals surface area contributed by atoms with Gasteiger partial charge in [0.2, 0.25) is 0 Å². The molecule has 5 nitrogen and oxygen atoms in total. The van der Waals surface area contributed by atoms with Crippen LogP contribution in [0.5, 0.6) is 11.5 Å². The van der Waals surface area contributed by atoms with Gasteiger partial charge in [0.15, 0.2) is 11.5 Å². The number of ether oxygens (including phenoxy) is 3. The molecular weight excluding hydrogens is 222 g/mol. The van der Waals surface area contributed by atoms with Crippen LogP contribution in [0.2, 0.25) is 0 Å². The highest BCUT2D eigenvalue weighted by molar-refractivity contribution is 5.85. The molecule has 1 amide bonds. The first-order chi connectivity index (χ1) is 8.21. The molecule has 0 saturated carbocycles. The summed E-state index contributed by atoms with van der Waals surface area (Å²) in [7, 11) is 1.57. The molecule has 0 heterocycles. The first kappa shape index (κ1) is 13.2. The lowest BCUT2D eigenvalue weighted by Crippen LogP contribution is -2.13. The van der Waals surface area contributed by atoms with E-state index in [2.05, 4.69) is 5.32 Å². The van der Waals surface area contributed by atoms with Gasteiger partial charge < -0.3 is 14.2 Å². The minimum atomic E-state index is -0.486. The molecule has 5 heteroatoms. The number of anilines is 1. The van der Waals surface area contributed by atoms with Crippen molar-refractivity contribution in [2.75, 3.05) is 25.6 Å². The van der Waals surface area contributed by atoms with Gasteiger partial charge in [-0.2, -0.15) is 0 Å². The van der Waals surface area contributed by atoms with E-state index >= 15 is 0 Å². The monoisotopic (exact) mass is 239 g/mol. The third-order valence-corrected chi connectivity index (χ3v) is 1.99. The molecule has 0 fully saturated rings. The van der Waals surface area contributed by atoms with Gasteiger partial charge in [-0.3, -0.25) is 5.32 Å². The van der Waals surface area contributed by atoms with Crippen molar-refractivity contribution in [2.45, 2.75) is 13.8 Å². The second-order valence-electron chi connectivity index (χ2n) is 3.14. The van der Waals surface area contributed by atoms with Crippen LogP contribution in [0, 0.1) is 0 Å². The highest BCUT2D eigenvalue weighted by Gasteiger charge is 2.07. The average molecular weight is 239 g/mol. The molecule has 0 aliphatic rings. The summed E-state index contributed by atoms with van der Waals surface area (Å²) < 4.78 is 15.3. The Morgan fingerprint density at radius 3 is 2.59 bits per heavy atom. The van der Waals surface area contributed by atoms with E-state index in [1.54, 1.807) is 32.2 Å². The molecule has 0 aromatic heterocycles. The van der Waals surface area contributed by atoms with Crippen LogP contribution >= 0.6 is 0 Å². The molecular formula is C12H17NO4. The Morgan fingerprint density at radius 2 is 2.00 bits per heavy atom. The summed E-state index contributed by atoms with van der Waals surface area (Å²) in [5.74, 6) is 1.21. The lowest BCUT2D eigenvalue weighted by molar-refractivity contribution is 0.168. The third-order valence-electron chi connectivity index (χ3n) is 1.99. The van der Waals surface area contributed by atoms with Crippen LogP contribution < -0.4 is 14.8 Å². The van der Waals surface area contributed by atoms with Gasteiger partial charge in [-0.1, -0.05) is 0 Å². The molecule has 0 bridgehead atoms.